The highest BCUT2D eigenvalue weighted by atomic mass is 32.2. The van der Waals surface area contributed by atoms with E-state index in [0.29, 0.717) is 0 Å². The molecule has 0 unspecified atom stereocenters. The van der Waals surface area contributed by atoms with Gasteiger partial charge in [0.2, 0.25) is 11.8 Å². The van der Waals surface area contributed by atoms with E-state index in [1.165, 1.54) is 0 Å². The second-order valence-corrected chi connectivity index (χ2v) is 9.20. The molecule has 1 heterocycles. The van der Waals surface area contributed by atoms with Crippen LogP contribution in [-0.2, 0) is 15.3 Å². The van der Waals surface area contributed by atoms with Crippen LogP contribution in [0.25, 0.3) is 0 Å². The van der Waals surface area contributed by atoms with Crippen molar-refractivity contribution in [1.82, 2.24) is 9.88 Å². The molecule has 3 aromatic rings. The van der Waals surface area contributed by atoms with Gasteiger partial charge < -0.3 is 10.6 Å². The fraction of sp³-hybridized carbons (Fsp3) is 0.269. The first-order valence-corrected chi connectivity index (χ1v) is 11.8. The number of rotatable bonds is 9. The number of likely N-dealkylation sites (N-methyl/N-ethyl adjacent to an activating group) is 1. The van der Waals surface area contributed by atoms with Crippen molar-refractivity contribution in [3.8, 4) is 0 Å². The summed E-state index contributed by atoms with van der Waals surface area (Å²) < 4.78 is 0. The van der Waals surface area contributed by atoms with Crippen LogP contribution >= 0.6 is 11.8 Å². The maximum atomic E-state index is 12.5. The number of pyridine rings is 1. The molecule has 0 aliphatic heterocycles. The third kappa shape index (κ3) is 7.73. The fourth-order valence-electron chi connectivity index (χ4n) is 3.63. The van der Waals surface area contributed by atoms with Gasteiger partial charge in [-0.15, -0.1) is 11.8 Å². The molecule has 0 radical (unpaired) electrons. The Bertz CT molecular complexity index is 1100. The molecular formula is C26H30N4O2S. The number of carbonyl (C=O) groups excluding carboxylic acids is 2. The van der Waals surface area contributed by atoms with Gasteiger partial charge in [-0.2, -0.15) is 0 Å². The average Bonchev–Trinajstić information content (AvgIpc) is 2.75. The molecule has 0 saturated carbocycles. The molecule has 2 amide bonds. The van der Waals surface area contributed by atoms with Crippen molar-refractivity contribution in [2.75, 3.05) is 30.8 Å². The Morgan fingerprint density at radius 1 is 0.909 bits per heavy atom. The molecule has 7 heteroatoms. The van der Waals surface area contributed by atoms with Crippen LogP contribution < -0.4 is 10.6 Å². The van der Waals surface area contributed by atoms with Crippen LogP contribution in [0.3, 0.4) is 0 Å². The lowest BCUT2D eigenvalue weighted by molar-refractivity contribution is -0.119. The summed E-state index contributed by atoms with van der Waals surface area (Å²) in [5.41, 5.74) is 5.90. The Hall–Kier alpha value is -3.16. The van der Waals surface area contributed by atoms with Crippen molar-refractivity contribution in [2.24, 2.45) is 0 Å². The molecule has 3 rings (SSSR count). The standard InChI is InChI=1S/C26H30N4O2S/c1-18-12-19(2)26(20(3)13-18)29-24(32)16-30(4)15-23(31)28-22-9-7-8-21(14-22)17-33-25-10-5-6-11-27-25/h5-14H,15-17H2,1-4H3,(H,28,31)(H,29,32). The van der Waals surface area contributed by atoms with Crippen molar-refractivity contribution in [1.29, 1.82) is 0 Å². The number of anilines is 2. The molecule has 0 aliphatic carbocycles. The molecule has 0 atom stereocenters. The first kappa shape index (κ1) is 24.5. The molecule has 0 fully saturated rings. The summed E-state index contributed by atoms with van der Waals surface area (Å²) >= 11 is 1.65. The predicted molar refractivity (Wildman–Crippen MR) is 136 cm³/mol. The number of benzene rings is 2. The maximum absolute atomic E-state index is 12.5. The van der Waals surface area contributed by atoms with Gasteiger partial charge >= 0.3 is 0 Å². The Morgan fingerprint density at radius 2 is 1.61 bits per heavy atom. The van der Waals surface area contributed by atoms with Gasteiger partial charge in [0.1, 0.15) is 0 Å². The Labute approximate surface area is 199 Å². The van der Waals surface area contributed by atoms with E-state index >= 15 is 0 Å². The molecule has 33 heavy (non-hydrogen) atoms. The van der Waals surface area contributed by atoms with Crippen LogP contribution in [0.4, 0.5) is 11.4 Å². The Morgan fingerprint density at radius 3 is 2.27 bits per heavy atom. The number of thioether (sulfide) groups is 1. The number of aromatic nitrogens is 1. The van der Waals surface area contributed by atoms with E-state index in [1.807, 2.05) is 75.4 Å². The van der Waals surface area contributed by atoms with Gasteiger partial charge in [0.15, 0.2) is 0 Å². The first-order valence-electron chi connectivity index (χ1n) is 10.8. The Balaban J connectivity index is 1.48. The SMILES string of the molecule is Cc1cc(C)c(NC(=O)CN(C)CC(=O)Nc2cccc(CSc3ccccn3)c2)c(C)c1. The maximum Gasteiger partial charge on any atom is 0.238 e. The summed E-state index contributed by atoms with van der Waals surface area (Å²) in [6.07, 6.45) is 1.78. The normalized spacial score (nSPS) is 10.8. The fourth-order valence-corrected chi connectivity index (χ4v) is 4.44. The van der Waals surface area contributed by atoms with E-state index < -0.39 is 0 Å². The largest absolute Gasteiger partial charge is 0.325 e. The molecule has 0 spiro atoms. The van der Waals surface area contributed by atoms with Gasteiger partial charge in [0.25, 0.3) is 0 Å². The van der Waals surface area contributed by atoms with Crippen molar-refractivity contribution >= 4 is 35.0 Å². The zero-order chi connectivity index (χ0) is 23.8. The van der Waals surface area contributed by atoms with Crippen LogP contribution in [0.2, 0.25) is 0 Å². The van der Waals surface area contributed by atoms with Gasteiger partial charge in [-0.25, -0.2) is 4.98 Å². The van der Waals surface area contributed by atoms with Crippen LogP contribution in [0.15, 0.2) is 65.8 Å². The highest BCUT2D eigenvalue weighted by Gasteiger charge is 2.13. The average molecular weight is 463 g/mol. The highest BCUT2D eigenvalue weighted by molar-refractivity contribution is 7.98. The van der Waals surface area contributed by atoms with E-state index in [-0.39, 0.29) is 24.9 Å². The summed E-state index contributed by atoms with van der Waals surface area (Å²) in [6, 6.07) is 17.7. The summed E-state index contributed by atoms with van der Waals surface area (Å²) in [5, 5.41) is 6.86. The summed E-state index contributed by atoms with van der Waals surface area (Å²) in [4.78, 5) is 31.0. The van der Waals surface area contributed by atoms with E-state index in [9.17, 15) is 9.59 Å². The lowest BCUT2D eigenvalue weighted by Crippen LogP contribution is -2.36. The number of hydrogen-bond donors (Lipinski definition) is 2. The highest BCUT2D eigenvalue weighted by Crippen LogP contribution is 2.23. The van der Waals surface area contributed by atoms with Crippen molar-refractivity contribution in [3.05, 3.63) is 83.0 Å². The van der Waals surface area contributed by atoms with Crippen LogP contribution in [-0.4, -0.2) is 41.8 Å². The number of nitrogens with one attached hydrogen (secondary N) is 2. The summed E-state index contributed by atoms with van der Waals surface area (Å²) in [6.45, 7) is 6.24. The molecule has 0 saturated heterocycles. The first-order chi connectivity index (χ1) is 15.8. The van der Waals surface area contributed by atoms with Crippen molar-refractivity contribution in [2.45, 2.75) is 31.6 Å². The molecule has 2 aromatic carbocycles. The summed E-state index contributed by atoms with van der Waals surface area (Å²) in [5.74, 6) is 0.454. The van der Waals surface area contributed by atoms with E-state index in [4.69, 9.17) is 0 Å². The summed E-state index contributed by atoms with van der Waals surface area (Å²) in [7, 11) is 1.76. The molecule has 0 aliphatic rings. The second kappa shape index (κ2) is 11.6. The Kier molecular flexibility index (Phi) is 8.63. The number of nitrogens with zero attached hydrogens (tertiary/aromatic N) is 2. The van der Waals surface area contributed by atoms with E-state index in [0.717, 1.165) is 44.4 Å². The minimum atomic E-state index is -0.164. The zero-order valence-corrected chi connectivity index (χ0v) is 20.3. The smallest absolute Gasteiger partial charge is 0.238 e. The molecule has 172 valence electrons. The molecule has 2 N–H and O–H groups in total. The number of hydrogen-bond acceptors (Lipinski definition) is 5. The molecule has 6 nitrogen and oxygen atoms in total. The zero-order valence-electron chi connectivity index (χ0n) is 19.5. The van der Waals surface area contributed by atoms with E-state index in [2.05, 4.69) is 15.6 Å². The van der Waals surface area contributed by atoms with Gasteiger partial charge in [-0.1, -0.05) is 35.9 Å². The minimum Gasteiger partial charge on any atom is -0.325 e. The minimum absolute atomic E-state index is 0.117. The number of amides is 2. The second-order valence-electron chi connectivity index (χ2n) is 8.20. The molecule has 1 aromatic heterocycles. The van der Waals surface area contributed by atoms with E-state index in [1.54, 1.807) is 29.9 Å². The lowest BCUT2D eigenvalue weighted by atomic mass is 10.1. The topological polar surface area (TPSA) is 74.3 Å². The van der Waals surface area contributed by atoms with Crippen LogP contribution in [0.5, 0.6) is 0 Å². The molecular weight excluding hydrogens is 432 g/mol. The monoisotopic (exact) mass is 462 g/mol. The number of carbonyl (C=O) groups is 2. The molecule has 0 bridgehead atoms. The van der Waals surface area contributed by atoms with Gasteiger partial charge in [0, 0.05) is 23.3 Å². The third-order valence-corrected chi connectivity index (χ3v) is 6.02. The van der Waals surface area contributed by atoms with Gasteiger partial charge in [0.05, 0.1) is 18.1 Å². The quantitative estimate of drug-likeness (QED) is 0.447. The van der Waals surface area contributed by atoms with Crippen molar-refractivity contribution in [3.63, 3.8) is 0 Å². The van der Waals surface area contributed by atoms with Crippen LogP contribution in [0, 0.1) is 20.8 Å². The van der Waals surface area contributed by atoms with Gasteiger partial charge in [-0.05, 0) is 68.8 Å². The lowest BCUT2D eigenvalue weighted by Gasteiger charge is -2.18. The number of aryl methyl sites for hydroxylation is 3. The predicted octanol–water partition coefficient (Wildman–Crippen LogP) is 4.81. The van der Waals surface area contributed by atoms with Crippen LogP contribution in [0.1, 0.15) is 22.3 Å². The van der Waals surface area contributed by atoms with Gasteiger partial charge in [-0.3, -0.25) is 14.5 Å². The van der Waals surface area contributed by atoms with Crippen molar-refractivity contribution < 1.29 is 9.59 Å². The third-order valence-electron chi connectivity index (χ3n) is 5.00.